The number of fused-ring (bicyclic) bond motifs is 1. The van der Waals surface area contributed by atoms with Gasteiger partial charge in [0.25, 0.3) is 5.56 Å². The lowest BCUT2D eigenvalue weighted by Crippen LogP contribution is -2.21. The van der Waals surface area contributed by atoms with E-state index in [9.17, 15) is 40.6 Å². The first-order valence-electron chi connectivity index (χ1n) is 6.03. The van der Waals surface area contributed by atoms with E-state index in [1.54, 1.807) is 0 Å². The van der Waals surface area contributed by atoms with Crippen molar-refractivity contribution in [3.8, 4) is 5.75 Å². The largest absolute Gasteiger partial charge is 0.507 e. The van der Waals surface area contributed by atoms with Crippen LogP contribution < -0.4 is 5.56 Å². The monoisotopic (exact) mass is 408 g/mol. The average Bonchev–Trinajstić information content (AvgIpc) is 2.45. The van der Waals surface area contributed by atoms with Crippen molar-refractivity contribution in [2.45, 2.75) is 12.4 Å². The number of hydrogen-bond acceptors (Lipinski definition) is 5. The molecule has 0 unspecified atom stereocenters. The van der Waals surface area contributed by atoms with E-state index in [4.69, 9.17) is 19.8 Å². The Morgan fingerprint density at radius 1 is 0.963 bits per heavy atom. The molecule has 0 spiro atoms. The molecule has 1 aromatic carbocycles. The van der Waals surface area contributed by atoms with Crippen molar-refractivity contribution in [1.82, 2.24) is 9.97 Å². The maximum atomic E-state index is 12.7. The molecule has 0 atom stereocenters. The molecular formula is C12H7F7N2O6. The summed E-state index contributed by atoms with van der Waals surface area (Å²) in [5.74, 6) is -6.53. The van der Waals surface area contributed by atoms with Crippen LogP contribution in [0.25, 0.3) is 10.9 Å². The van der Waals surface area contributed by atoms with Gasteiger partial charge in [-0.15, -0.1) is 0 Å². The summed E-state index contributed by atoms with van der Waals surface area (Å²) < 4.78 is 76.2. The van der Waals surface area contributed by atoms with E-state index < -0.39 is 41.4 Å². The van der Waals surface area contributed by atoms with Gasteiger partial charge in [-0.2, -0.15) is 26.3 Å². The number of carboxylic acids is 2. The first-order chi connectivity index (χ1) is 12.1. The second kappa shape index (κ2) is 8.81. The molecule has 0 aliphatic carbocycles. The van der Waals surface area contributed by atoms with Crippen molar-refractivity contribution in [2.75, 3.05) is 0 Å². The summed E-state index contributed by atoms with van der Waals surface area (Å²) >= 11 is 0. The third kappa shape index (κ3) is 8.02. The van der Waals surface area contributed by atoms with Crippen LogP contribution in [-0.2, 0) is 9.59 Å². The zero-order valence-electron chi connectivity index (χ0n) is 12.4. The number of alkyl halides is 6. The molecule has 0 amide bonds. The number of nitrogens with one attached hydrogen (secondary N) is 1. The van der Waals surface area contributed by atoms with Gasteiger partial charge in [0, 0.05) is 12.1 Å². The van der Waals surface area contributed by atoms with Crippen LogP contribution in [0.4, 0.5) is 30.7 Å². The highest BCUT2D eigenvalue weighted by Crippen LogP contribution is 2.20. The van der Waals surface area contributed by atoms with E-state index in [0.29, 0.717) is 0 Å². The SMILES string of the molecule is O=C(O)C(F)(F)F.O=C(O)C(F)(F)F.O=c1[nH]cnc2cc(F)cc(O)c12. The number of carboxylic acid groups (broad SMARTS) is 2. The smallest absolute Gasteiger partial charge is 0.490 e. The molecule has 1 aromatic heterocycles. The normalized spacial score (nSPS) is 10.9. The van der Waals surface area contributed by atoms with Crippen molar-refractivity contribution >= 4 is 22.8 Å². The average molecular weight is 408 g/mol. The summed E-state index contributed by atoms with van der Waals surface area (Å²) in [6.45, 7) is 0. The van der Waals surface area contributed by atoms with E-state index in [1.807, 2.05) is 0 Å². The fourth-order valence-electron chi connectivity index (χ4n) is 1.15. The van der Waals surface area contributed by atoms with Crippen LogP contribution >= 0.6 is 0 Å². The summed E-state index contributed by atoms with van der Waals surface area (Å²) in [6, 6.07) is 1.96. The summed E-state index contributed by atoms with van der Waals surface area (Å²) in [4.78, 5) is 34.9. The minimum absolute atomic E-state index is 0.00361. The van der Waals surface area contributed by atoms with Crippen LogP contribution in [-0.4, -0.2) is 49.6 Å². The fourth-order valence-corrected chi connectivity index (χ4v) is 1.15. The first-order valence-corrected chi connectivity index (χ1v) is 6.03. The third-order valence-corrected chi connectivity index (χ3v) is 2.17. The number of carbonyl (C=O) groups is 2. The molecule has 4 N–H and O–H groups in total. The Hall–Kier alpha value is -3.39. The number of benzene rings is 1. The van der Waals surface area contributed by atoms with Gasteiger partial charge in [-0.25, -0.2) is 19.0 Å². The highest BCUT2D eigenvalue weighted by Gasteiger charge is 2.38. The van der Waals surface area contributed by atoms with Crippen LogP contribution in [0.5, 0.6) is 5.75 Å². The number of halogens is 7. The van der Waals surface area contributed by atoms with Gasteiger partial charge in [-0.3, -0.25) is 4.79 Å². The minimum atomic E-state index is -5.08. The first kappa shape index (κ1) is 23.6. The molecular weight excluding hydrogens is 401 g/mol. The number of rotatable bonds is 0. The van der Waals surface area contributed by atoms with Crippen molar-refractivity contribution < 1.29 is 55.6 Å². The number of aromatic hydroxyl groups is 1. The highest BCUT2D eigenvalue weighted by atomic mass is 19.4. The van der Waals surface area contributed by atoms with Crippen molar-refractivity contribution in [3.05, 3.63) is 34.6 Å². The van der Waals surface area contributed by atoms with Crippen molar-refractivity contribution in [3.63, 3.8) is 0 Å². The summed E-state index contributed by atoms with van der Waals surface area (Å²) in [5, 5.41) is 23.5. The van der Waals surface area contributed by atoms with E-state index >= 15 is 0 Å². The van der Waals surface area contributed by atoms with Gasteiger partial charge >= 0.3 is 24.3 Å². The molecule has 2 aromatic rings. The summed E-state index contributed by atoms with van der Waals surface area (Å²) in [5.41, 5.74) is -0.344. The van der Waals surface area contributed by atoms with Crippen LogP contribution in [0, 0.1) is 5.82 Å². The number of aromatic amines is 1. The fraction of sp³-hybridized carbons (Fsp3) is 0.167. The highest BCUT2D eigenvalue weighted by molar-refractivity contribution is 5.83. The van der Waals surface area contributed by atoms with Gasteiger partial charge in [-0.1, -0.05) is 0 Å². The number of aromatic nitrogens is 2. The van der Waals surface area contributed by atoms with Gasteiger partial charge in [0.05, 0.1) is 11.8 Å². The van der Waals surface area contributed by atoms with Crippen LogP contribution in [0.2, 0.25) is 0 Å². The topological polar surface area (TPSA) is 141 Å². The van der Waals surface area contributed by atoms with E-state index in [1.165, 1.54) is 0 Å². The number of aliphatic carboxylic acids is 2. The Labute approximate surface area is 142 Å². The predicted octanol–water partition coefficient (Wildman–Crippen LogP) is 2.03. The van der Waals surface area contributed by atoms with Crippen molar-refractivity contribution in [1.29, 1.82) is 0 Å². The standard InChI is InChI=1S/C8H5FN2O2.2C2HF3O2/c9-4-1-5-7(6(12)2-4)8(13)11-3-10-5;2*3-2(4,5)1(6)7/h1-3,12H,(H,10,11,13);2*(H,6,7). The number of hydrogen-bond donors (Lipinski definition) is 4. The van der Waals surface area contributed by atoms with E-state index in [2.05, 4.69) is 9.97 Å². The van der Waals surface area contributed by atoms with Crippen LogP contribution in [0.15, 0.2) is 23.3 Å². The molecule has 15 heteroatoms. The molecule has 0 bridgehead atoms. The molecule has 2 rings (SSSR count). The third-order valence-electron chi connectivity index (χ3n) is 2.17. The number of nitrogens with zero attached hydrogens (tertiary/aromatic N) is 1. The second-order valence-electron chi connectivity index (χ2n) is 4.16. The molecule has 27 heavy (non-hydrogen) atoms. The molecule has 1 heterocycles. The number of phenolic OH excluding ortho intramolecular Hbond substituents is 1. The molecule has 0 fully saturated rings. The second-order valence-corrected chi connectivity index (χ2v) is 4.16. The maximum Gasteiger partial charge on any atom is 0.490 e. The summed E-state index contributed by atoms with van der Waals surface area (Å²) in [7, 11) is 0. The Morgan fingerprint density at radius 3 is 1.74 bits per heavy atom. The lowest BCUT2D eigenvalue weighted by atomic mass is 10.2. The quantitative estimate of drug-likeness (QED) is 0.489. The molecule has 0 aliphatic heterocycles. The number of H-pyrrole nitrogens is 1. The summed E-state index contributed by atoms with van der Waals surface area (Å²) in [6.07, 6.45) is -9.01. The van der Waals surface area contributed by atoms with Gasteiger partial charge in [-0.05, 0) is 0 Å². The molecule has 150 valence electrons. The Morgan fingerprint density at radius 2 is 1.37 bits per heavy atom. The van der Waals surface area contributed by atoms with Gasteiger partial charge in [0.15, 0.2) is 0 Å². The van der Waals surface area contributed by atoms with Gasteiger partial charge in [0.2, 0.25) is 0 Å². The Bertz CT molecular complexity index is 851. The molecule has 0 radical (unpaired) electrons. The van der Waals surface area contributed by atoms with Crippen LogP contribution in [0.1, 0.15) is 0 Å². The predicted molar refractivity (Wildman–Crippen MR) is 71.4 cm³/mol. The zero-order valence-corrected chi connectivity index (χ0v) is 12.4. The lowest BCUT2D eigenvalue weighted by molar-refractivity contribution is -0.193. The molecule has 0 aliphatic rings. The molecule has 8 nitrogen and oxygen atoms in total. The van der Waals surface area contributed by atoms with Crippen LogP contribution in [0.3, 0.4) is 0 Å². The number of phenols is 1. The van der Waals surface area contributed by atoms with Gasteiger partial charge in [0.1, 0.15) is 17.0 Å². The maximum absolute atomic E-state index is 12.7. The molecule has 0 saturated heterocycles. The minimum Gasteiger partial charge on any atom is -0.507 e. The van der Waals surface area contributed by atoms with Gasteiger partial charge < -0.3 is 20.3 Å². The zero-order chi connectivity index (χ0) is 21.6. The Kier molecular flexibility index (Phi) is 7.71. The van der Waals surface area contributed by atoms with E-state index in [0.717, 1.165) is 18.5 Å². The van der Waals surface area contributed by atoms with Crippen molar-refractivity contribution in [2.24, 2.45) is 0 Å². The lowest BCUT2D eigenvalue weighted by Gasteiger charge is -1.98. The molecule has 0 saturated carbocycles. The van der Waals surface area contributed by atoms with E-state index in [-0.39, 0.29) is 10.9 Å². The Balaban J connectivity index is 0.000000416.